The molecule has 1 aromatic heterocycles. The third kappa shape index (κ3) is 4.55. The molecule has 0 bridgehead atoms. The summed E-state index contributed by atoms with van der Waals surface area (Å²) in [5.74, 6) is 0.506. The Hall–Kier alpha value is -3.18. The van der Waals surface area contributed by atoms with Crippen molar-refractivity contribution in [1.82, 2.24) is 15.2 Å². The molecule has 0 unspecified atom stereocenters. The minimum atomic E-state index is -0.453. The monoisotopic (exact) mass is 543 g/mol. The minimum Gasteiger partial charge on any atom is -0.353 e. The van der Waals surface area contributed by atoms with E-state index in [9.17, 15) is 9.59 Å². The van der Waals surface area contributed by atoms with Gasteiger partial charge >= 0.3 is 0 Å². The minimum absolute atomic E-state index is 0.0283. The molecule has 1 saturated heterocycles. The van der Waals surface area contributed by atoms with Crippen molar-refractivity contribution < 1.29 is 9.59 Å². The lowest BCUT2D eigenvalue weighted by molar-refractivity contribution is -0.133. The number of nitrogens with one attached hydrogen (secondary N) is 1. The van der Waals surface area contributed by atoms with E-state index < -0.39 is 5.41 Å². The molecular formula is C33H38ClN3O2. The maximum Gasteiger partial charge on any atom is 0.254 e. The Morgan fingerprint density at radius 1 is 1.10 bits per heavy atom. The van der Waals surface area contributed by atoms with E-state index in [0.29, 0.717) is 23.7 Å². The Bertz CT molecular complexity index is 1380. The summed E-state index contributed by atoms with van der Waals surface area (Å²) in [6.45, 7) is 11.9. The van der Waals surface area contributed by atoms with Crippen LogP contribution in [0.15, 0.2) is 67.0 Å². The SMILES string of the molecule is CCN(Cc1ccncc1)C(=O)c1ccc([C@@H]2CC[C@@]3(C)C(=O)N[C@H](C)[C@@]3(C)[C@H]2c2ccc(Cl)cc2)c(C)c1. The molecule has 2 aromatic carbocycles. The van der Waals surface area contributed by atoms with Crippen LogP contribution in [-0.4, -0.2) is 34.3 Å². The number of amides is 2. The molecule has 2 aliphatic rings. The van der Waals surface area contributed by atoms with Gasteiger partial charge in [-0.25, -0.2) is 0 Å². The molecule has 1 saturated carbocycles. The number of fused-ring (bicyclic) bond motifs is 1. The number of carbonyl (C=O) groups excluding carboxylic acids is 2. The second-order valence-electron chi connectivity index (χ2n) is 11.7. The number of nitrogens with zero attached hydrogens (tertiary/aromatic N) is 2. The van der Waals surface area contributed by atoms with Crippen LogP contribution < -0.4 is 5.32 Å². The molecule has 2 heterocycles. The lowest BCUT2D eigenvalue weighted by Crippen LogP contribution is -2.51. The Balaban J connectivity index is 1.51. The number of hydrogen-bond donors (Lipinski definition) is 1. The molecule has 5 nitrogen and oxygen atoms in total. The second-order valence-corrected chi connectivity index (χ2v) is 12.2. The molecule has 39 heavy (non-hydrogen) atoms. The summed E-state index contributed by atoms with van der Waals surface area (Å²) in [5, 5.41) is 3.99. The van der Waals surface area contributed by atoms with Gasteiger partial charge in [0.2, 0.25) is 5.91 Å². The number of aryl methyl sites for hydroxylation is 1. The second kappa shape index (κ2) is 10.4. The molecule has 0 radical (unpaired) electrons. The highest BCUT2D eigenvalue weighted by Crippen LogP contribution is 2.66. The number of hydrogen-bond acceptors (Lipinski definition) is 3. The molecule has 5 rings (SSSR count). The molecule has 3 aromatic rings. The average molecular weight is 544 g/mol. The third-order valence-electron chi connectivity index (χ3n) is 9.88. The maximum atomic E-state index is 13.5. The van der Waals surface area contributed by atoms with Gasteiger partial charge in [-0.15, -0.1) is 0 Å². The van der Waals surface area contributed by atoms with Crippen LogP contribution in [0.1, 0.15) is 85.0 Å². The van der Waals surface area contributed by atoms with E-state index in [1.54, 1.807) is 12.4 Å². The first-order chi connectivity index (χ1) is 18.6. The van der Waals surface area contributed by atoms with Crippen molar-refractivity contribution >= 4 is 23.4 Å². The van der Waals surface area contributed by atoms with Crippen LogP contribution in [0.3, 0.4) is 0 Å². The number of aromatic nitrogens is 1. The standard InChI is InChI=1S/C33H38ClN3O2/c1-6-37(20-23-14-17-35-18-15-23)30(38)25-9-12-27(21(2)19-25)28-13-16-32(4)31(39)36-22(3)33(32,5)29(28)24-7-10-26(34)11-8-24/h7-12,14-15,17-19,22,28-29H,6,13,16,20H2,1-5H3,(H,36,39)/t22-,28+,29+,32+,33+/m1/s1. The van der Waals surface area contributed by atoms with E-state index in [1.807, 2.05) is 48.2 Å². The molecule has 1 aliphatic carbocycles. The van der Waals surface area contributed by atoms with Gasteiger partial charge in [0.1, 0.15) is 0 Å². The van der Waals surface area contributed by atoms with Gasteiger partial charge in [-0.05, 0) is 104 Å². The van der Waals surface area contributed by atoms with Crippen molar-refractivity contribution in [3.63, 3.8) is 0 Å². The van der Waals surface area contributed by atoms with E-state index in [2.05, 4.69) is 56.2 Å². The maximum absolute atomic E-state index is 13.5. The first kappa shape index (κ1) is 27.4. The van der Waals surface area contributed by atoms with E-state index in [1.165, 1.54) is 11.1 Å². The zero-order valence-corrected chi connectivity index (χ0v) is 24.3. The molecule has 1 aliphatic heterocycles. The zero-order valence-electron chi connectivity index (χ0n) is 23.5. The van der Waals surface area contributed by atoms with Crippen LogP contribution in [-0.2, 0) is 11.3 Å². The summed E-state index contributed by atoms with van der Waals surface area (Å²) in [7, 11) is 0. The fraction of sp³-hybridized carbons (Fsp3) is 0.424. The van der Waals surface area contributed by atoms with Crippen LogP contribution in [0.2, 0.25) is 5.02 Å². The molecule has 0 spiro atoms. The number of carbonyl (C=O) groups is 2. The topological polar surface area (TPSA) is 62.3 Å². The first-order valence-electron chi connectivity index (χ1n) is 13.9. The van der Waals surface area contributed by atoms with E-state index in [-0.39, 0.29) is 35.1 Å². The largest absolute Gasteiger partial charge is 0.353 e. The summed E-state index contributed by atoms with van der Waals surface area (Å²) in [6.07, 6.45) is 5.24. The highest BCUT2D eigenvalue weighted by atomic mass is 35.5. The summed E-state index contributed by atoms with van der Waals surface area (Å²) < 4.78 is 0. The normalized spacial score (nSPS) is 28.1. The smallest absolute Gasteiger partial charge is 0.254 e. The number of benzene rings is 2. The molecule has 5 atom stereocenters. The Morgan fingerprint density at radius 2 is 1.79 bits per heavy atom. The lowest BCUT2D eigenvalue weighted by atomic mass is 9.47. The fourth-order valence-corrected chi connectivity index (χ4v) is 7.41. The molecule has 204 valence electrons. The zero-order chi connectivity index (χ0) is 27.9. The van der Waals surface area contributed by atoms with E-state index in [0.717, 1.165) is 24.0 Å². The highest BCUT2D eigenvalue weighted by Gasteiger charge is 2.65. The summed E-state index contributed by atoms with van der Waals surface area (Å²) in [5.41, 5.74) is 4.59. The van der Waals surface area contributed by atoms with Crippen LogP contribution in [0, 0.1) is 17.8 Å². The molecule has 1 N–H and O–H groups in total. The molecule has 2 fully saturated rings. The van der Waals surface area contributed by atoms with Crippen molar-refractivity contribution in [2.24, 2.45) is 10.8 Å². The molecule has 6 heteroatoms. The number of halogens is 1. The molecule has 2 amide bonds. The van der Waals surface area contributed by atoms with Crippen molar-refractivity contribution in [3.05, 3.63) is 99.8 Å². The van der Waals surface area contributed by atoms with E-state index in [4.69, 9.17) is 11.6 Å². The van der Waals surface area contributed by atoms with E-state index >= 15 is 0 Å². The molecular weight excluding hydrogens is 506 g/mol. The Labute approximate surface area is 237 Å². The number of rotatable bonds is 6. The summed E-state index contributed by atoms with van der Waals surface area (Å²) >= 11 is 6.28. The average Bonchev–Trinajstić information content (AvgIpc) is 3.11. The number of pyridine rings is 1. The van der Waals surface area contributed by atoms with Crippen molar-refractivity contribution in [1.29, 1.82) is 0 Å². The highest BCUT2D eigenvalue weighted by molar-refractivity contribution is 6.30. The van der Waals surface area contributed by atoms with Gasteiger partial charge < -0.3 is 10.2 Å². The Morgan fingerprint density at radius 3 is 2.44 bits per heavy atom. The van der Waals surface area contributed by atoms with Crippen molar-refractivity contribution in [2.45, 2.75) is 71.9 Å². The Kier molecular flexibility index (Phi) is 7.32. The summed E-state index contributed by atoms with van der Waals surface area (Å²) in [6, 6.07) is 18.3. The predicted molar refractivity (Wildman–Crippen MR) is 156 cm³/mol. The van der Waals surface area contributed by atoms with Crippen LogP contribution >= 0.6 is 11.6 Å². The van der Waals surface area contributed by atoms with Crippen LogP contribution in [0.25, 0.3) is 0 Å². The van der Waals surface area contributed by atoms with Gasteiger partial charge in [0, 0.05) is 47.5 Å². The van der Waals surface area contributed by atoms with Gasteiger partial charge in [-0.2, -0.15) is 0 Å². The first-order valence-corrected chi connectivity index (χ1v) is 14.3. The fourth-order valence-electron chi connectivity index (χ4n) is 7.28. The van der Waals surface area contributed by atoms with Crippen molar-refractivity contribution in [2.75, 3.05) is 6.54 Å². The summed E-state index contributed by atoms with van der Waals surface area (Å²) in [4.78, 5) is 32.7. The third-order valence-corrected chi connectivity index (χ3v) is 10.1. The van der Waals surface area contributed by atoms with Crippen LogP contribution in [0.5, 0.6) is 0 Å². The van der Waals surface area contributed by atoms with Crippen molar-refractivity contribution in [3.8, 4) is 0 Å². The van der Waals surface area contributed by atoms with Gasteiger partial charge in [0.05, 0.1) is 5.41 Å². The predicted octanol–water partition coefficient (Wildman–Crippen LogP) is 6.90. The van der Waals surface area contributed by atoms with Crippen LogP contribution in [0.4, 0.5) is 0 Å². The lowest BCUT2D eigenvalue weighted by Gasteiger charge is -2.54. The van der Waals surface area contributed by atoms with Gasteiger partial charge in [0.25, 0.3) is 5.91 Å². The quantitative estimate of drug-likeness (QED) is 0.368. The van der Waals surface area contributed by atoms with Gasteiger partial charge in [-0.3, -0.25) is 14.6 Å². The van der Waals surface area contributed by atoms with Gasteiger partial charge in [-0.1, -0.05) is 43.6 Å². The van der Waals surface area contributed by atoms with Gasteiger partial charge in [0.15, 0.2) is 0 Å².